The molecule has 8 nitrogen and oxygen atoms in total. The molecule has 2 rings (SSSR count). The zero-order chi connectivity index (χ0) is 26.2. The molecule has 4 amide bonds. The lowest BCUT2D eigenvalue weighted by Crippen LogP contribution is -2.24. The summed E-state index contributed by atoms with van der Waals surface area (Å²) in [6.45, 7) is 4.75. The minimum Gasteiger partial charge on any atom is -0.352 e. The summed E-state index contributed by atoms with van der Waals surface area (Å²) in [5, 5.41) is 11.2. The van der Waals surface area contributed by atoms with Crippen molar-refractivity contribution in [3.63, 3.8) is 0 Å². The predicted molar refractivity (Wildman–Crippen MR) is 143 cm³/mol. The van der Waals surface area contributed by atoms with E-state index in [2.05, 4.69) is 21.3 Å². The summed E-state index contributed by atoms with van der Waals surface area (Å²) >= 11 is 0. The van der Waals surface area contributed by atoms with Crippen LogP contribution in [0, 0.1) is 0 Å². The number of benzene rings is 2. The lowest BCUT2D eigenvalue weighted by Gasteiger charge is -2.11. The molecule has 0 fully saturated rings. The molecule has 8 heteroatoms. The van der Waals surface area contributed by atoms with Crippen molar-refractivity contribution in [2.75, 3.05) is 23.7 Å². The molecule has 0 aromatic heterocycles. The molecule has 0 unspecified atom stereocenters. The van der Waals surface area contributed by atoms with Crippen LogP contribution in [0.3, 0.4) is 0 Å². The molecule has 36 heavy (non-hydrogen) atoms. The number of carbonyl (C=O) groups is 4. The van der Waals surface area contributed by atoms with Gasteiger partial charge in [-0.1, -0.05) is 49.9 Å². The molecule has 0 spiro atoms. The molecule has 0 aliphatic rings. The quantitative estimate of drug-likeness (QED) is 0.264. The summed E-state index contributed by atoms with van der Waals surface area (Å²) in [5.74, 6) is -0.603. The second-order valence-electron chi connectivity index (χ2n) is 8.53. The Bertz CT molecular complexity index is 941. The van der Waals surface area contributed by atoms with Gasteiger partial charge in [-0.05, 0) is 51.0 Å². The molecular formula is C28H38N4O4. The van der Waals surface area contributed by atoms with E-state index in [0.717, 1.165) is 38.5 Å². The number of carbonyl (C=O) groups excluding carboxylic acids is 4. The van der Waals surface area contributed by atoms with Gasteiger partial charge in [0.15, 0.2) is 0 Å². The number of anilines is 2. The lowest BCUT2D eigenvalue weighted by atomic mass is 10.1. The first-order chi connectivity index (χ1) is 17.5. The third kappa shape index (κ3) is 9.90. The highest BCUT2D eigenvalue weighted by atomic mass is 16.2. The molecule has 4 N–H and O–H groups in total. The van der Waals surface area contributed by atoms with Crippen molar-refractivity contribution in [3.05, 3.63) is 59.7 Å². The maximum absolute atomic E-state index is 12.3. The second-order valence-corrected chi connectivity index (χ2v) is 8.53. The number of amides is 4. The molecular weight excluding hydrogens is 456 g/mol. The van der Waals surface area contributed by atoms with E-state index in [0.29, 0.717) is 48.4 Å². The highest BCUT2D eigenvalue weighted by Gasteiger charge is 2.13. The topological polar surface area (TPSA) is 116 Å². The molecule has 2 aromatic rings. The van der Waals surface area contributed by atoms with Gasteiger partial charge in [0.05, 0.1) is 22.5 Å². The molecule has 0 bridgehead atoms. The fourth-order valence-electron chi connectivity index (χ4n) is 3.80. The van der Waals surface area contributed by atoms with Crippen molar-refractivity contribution in [1.82, 2.24) is 10.6 Å². The third-order valence-corrected chi connectivity index (χ3v) is 5.62. The first kappa shape index (κ1) is 28.6. The molecule has 0 saturated carbocycles. The van der Waals surface area contributed by atoms with Crippen LogP contribution in [0.5, 0.6) is 0 Å². The van der Waals surface area contributed by atoms with Gasteiger partial charge in [-0.15, -0.1) is 0 Å². The molecule has 0 aliphatic carbocycles. The average molecular weight is 495 g/mol. The molecule has 0 radical (unpaired) electrons. The maximum Gasteiger partial charge on any atom is 0.253 e. The SMILES string of the molecule is CCNC(=O)c1ccccc1NC(=O)CCCCCCCCC(=O)Nc1ccccc1C(=O)NCC. The second kappa shape index (κ2) is 16.1. The van der Waals surface area contributed by atoms with Gasteiger partial charge < -0.3 is 21.3 Å². The van der Waals surface area contributed by atoms with Gasteiger partial charge in [0, 0.05) is 25.9 Å². The van der Waals surface area contributed by atoms with Gasteiger partial charge in [0.25, 0.3) is 11.8 Å². The lowest BCUT2D eigenvalue weighted by molar-refractivity contribution is -0.117. The summed E-state index contributed by atoms with van der Waals surface area (Å²) < 4.78 is 0. The van der Waals surface area contributed by atoms with Crippen molar-refractivity contribution in [2.45, 2.75) is 65.2 Å². The van der Waals surface area contributed by atoms with Crippen molar-refractivity contribution in [3.8, 4) is 0 Å². The monoisotopic (exact) mass is 494 g/mol. The Morgan fingerprint density at radius 3 is 1.31 bits per heavy atom. The first-order valence-corrected chi connectivity index (χ1v) is 12.8. The van der Waals surface area contributed by atoms with Crippen LogP contribution < -0.4 is 21.3 Å². The number of unbranched alkanes of at least 4 members (excludes halogenated alkanes) is 5. The van der Waals surface area contributed by atoms with Gasteiger partial charge in [-0.25, -0.2) is 0 Å². The number of para-hydroxylation sites is 2. The van der Waals surface area contributed by atoms with Crippen LogP contribution in [-0.2, 0) is 9.59 Å². The molecule has 0 heterocycles. The Morgan fingerprint density at radius 2 is 0.917 bits per heavy atom. The summed E-state index contributed by atoms with van der Waals surface area (Å²) in [7, 11) is 0. The molecule has 0 aliphatic heterocycles. The van der Waals surface area contributed by atoms with Crippen molar-refractivity contribution in [2.24, 2.45) is 0 Å². The average Bonchev–Trinajstić information content (AvgIpc) is 2.86. The minimum absolute atomic E-state index is 0.101. The van der Waals surface area contributed by atoms with Crippen molar-refractivity contribution < 1.29 is 19.2 Å². The maximum atomic E-state index is 12.3. The van der Waals surface area contributed by atoms with Crippen LogP contribution in [-0.4, -0.2) is 36.7 Å². The Kier molecular flexibility index (Phi) is 12.8. The van der Waals surface area contributed by atoms with Crippen LogP contribution in [0.2, 0.25) is 0 Å². The number of nitrogens with one attached hydrogen (secondary N) is 4. The smallest absolute Gasteiger partial charge is 0.253 e. The van der Waals surface area contributed by atoms with E-state index >= 15 is 0 Å². The zero-order valence-corrected chi connectivity index (χ0v) is 21.3. The van der Waals surface area contributed by atoms with Crippen LogP contribution in [0.1, 0.15) is 85.9 Å². The molecule has 0 atom stereocenters. The van der Waals surface area contributed by atoms with Crippen LogP contribution >= 0.6 is 0 Å². The van der Waals surface area contributed by atoms with E-state index in [1.807, 2.05) is 13.8 Å². The Morgan fingerprint density at radius 1 is 0.556 bits per heavy atom. The Balaban J connectivity index is 1.60. The van der Waals surface area contributed by atoms with Gasteiger partial charge in [0.1, 0.15) is 0 Å². The predicted octanol–water partition coefficient (Wildman–Crippen LogP) is 4.88. The van der Waals surface area contributed by atoms with Gasteiger partial charge in [-0.2, -0.15) is 0 Å². The van der Waals surface area contributed by atoms with E-state index in [4.69, 9.17) is 0 Å². The minimum atomic E-state index is -0.201. The van der Waals surface area contributed by atoms with E-state index in [1.165, 1.54) is 0 Å². The van der Waals surface area contributed by atoms with Crippen molar-refractivity contribution in [1.29, 1.82) is 0 Å². The van der Waals surface area contributed by atoms with Gasteiger partial charge >= 0.3 is 0 Å². The van der Waals surface area contributed by atoms with Crippen LogP contribution in [0.4, 0.5) is 11.4 Å². The van der Waals surface area contributed by atoms with E-state index in [9.17, 15) is 19.2 Å². The standard InChI is InChI=1S/C28H38N4O4/c1-3-29-27(35)21-15-11-13-17-23(21)31-25(33)19-9-7-5-6-8-10-20-26(34)32-24-18-14-12-16-22(24)28(36)30-4-2/h11-18H,3-10,19-20H2,1-2H3,(H,29,35)(H,30,36)(H,31,33)(H,32,34). The largest absolute Gasteiger partial charge is 0.352 e. The Hall–Kier alpha value is -3.68. The summed E-state index contributed by atoms with van der Waals surface area (Å²) in [5.41, 5.74) is 1.98. The zero-order valence-electron chi connectivity index (χ0n) is 21.3. The molecule has 2 aromatic carbocycles. The third-order valence-electron chi connectivity index (χ3n) is 5.62. The van der Waals surface area contributed by atoms with Gasteiger partial charge in [-0.3, -0.25) is 19.2 Å². The van der Waals surface area contributed by atoms with E-state index < -0.39 is 0 Å². The molecule has 194 valence electrons. The van der Waals surface area contributed by atoms with Crippen molar-refractivity contribution >= 4 is 35.0 Å². The number of rotatable bonds is 15. The van der Waals surface area contributed by atoms with E-state index in [1.54, 1.807) is 48.5 Å². The summed E-state index contributed by atoms with van der Waals surface area (Å²) in [4.78, 5) is 48.8. The van der Waals surface area contributed by atoms with Crippen LogP contribution in [0.25, 0.3) is 0 Å². The highest BCUT2D eigenvalue weighted by molar-refractivity contribution is 6.04. The highest BCUT2D eigenvalue weighted by Crippen LogP contribution is 2.17. The fourth-order valence-corrected chi connectivity index (χ4v) is 3.80. The first-order valence-electron chi connectivity index (χ1n) is 12.8. The fraction of sp³-hybridized carbons (Fsp3) is 0.429. The molecule has 0 saturated heterocycles. The van der Waals surface area contributed by atoms with Crippen LogP contribution in [0.15, 0.2) is 48.5 Å². The summed E-state index contributed by atoms with van der Waals surface area (Å²) in [6.07, 6.45) is 6.18. The Labute approximate surface area is 213 Å². The normalized spacial score (nSPS) is 10.4. The van der Waals surface area contributed by atoms with E-state index in [-0.39, 0.29) is 23.6 Å². The van der Waals surface area contributed by atoms with Gasteiger partial charge in [0.2, 0.25) is 11.8 Å². The number of hydrogen-bond donors (Lipinski definition) is 4. The summed E-state index contributed by atoms with van der Waals surface area (Å²) in [6, 6.07) is 14.0. The number of hydrogen-bond acceptors (Lipinski definition) is 4.